The second-order valence-electron chi connectivity index (χ2n) is 4.98. The van der Waals surface area contributed by atoms with Crippen molar-refractivity contribution in [1.29, 1.82) is 5.26 Å². The van der Waals surface area contributed by atoms with Crippen molar-refractivity contribution in [2.75, 3.05) is 13.2 Å². The summed E-state index contributed by atoms with van der Waals surface area (Å²) in [6.07, 6.45) is 4.27. The maximum atomic E-state index is 9.14. The van der Waals surface area contributed by atoms with Crippen LogP contribution in [0.4, 0.5) is 0 Å². The van der Waals surface area contributed by atoms with Crippen LogP contribution in [0, 0.1) is 17.2 Å². The molecule has 0 radical (unpaired) electrons. The van der Waals surface area contributed by atoms with Gasteiger partial charge >= 0.3 is 0 Å². The Labute approximate surface area is 117 Å². The third-order valence-electron chi connectivity index (χ3n) is 3.62. The highest BCUT2D eigenvalue weighted by Crippen LogP contribution is 2.41. The Kier molecular flexibility index (Phi) is 3.84. The Morgan fingerprint density at radius 1 is 1.11 bits per heavy atom. The lowest BCUT2D eigenvalue weighted by Gasteiger charge is -2.14. The fraction of sp³-hybridized carbons (Fsp3) is 0.533. The lowest BCUT2D eigenvalue weighted by atomic mass is 10.1. The van der Waals surface area contributed by atoms with Crippen LogP contribution in [0.3, 0.4) is 0 Å². The predicted molar refractivity (Wildman–Crippen MR) is 74.6 cm³/mol. The number of benzene rings is 1. The molecule has 2 aliphatic rings. The molecule has 1 heterocycles. The summed E-state index contributed by atoms with van der Waals surface area (Å²) in [5.41, 5.74) is 0. The van der Waals surface area contributed by atoms with Crippen LogP contribution in [0.15, 0.2) is 23.1 Å². The molecule has 2 atom stereocenters. The maximum absolute atomic E-state index is 9.14. The Morgan fingerprint density at radius 3 is 2.79 bits per heavy atom. The molecule has 2 unspecified atom stereocenters. The molecule has 3 nitrogen and oxygen atoms in total. The fourth-order valence-electron chi connectivity index (χ4n) is 2.61. The molecule has 0 spiro atoms. The molecular formula is C15H17NO2S. The number of hydrogen-bond donors (Lipinski definition) is 0. The van der Waals surface area contributed by atoms with E-state index in [-0.39, 0.29) is 5.92 Å². The minimum Gasteiger partial charge on any atom is -0.490 e. The van der Waals surface area contributed by atoms with E-state index in [2.05, 4.69) is 18.2 Å². The molecule has 1 fully saturated rings. The van der Waals surface area contributed by atoms with Crippen molar-refractivity contribution in [2.45, 2.75) is 35.8 Å². The minimum atomic E-state index is 0.195. The van der Waals surface area contributed by atoms with Crippen LogP contribution in [0.25, 0.3) is 0 Å². The zero-order valence-corrected chi connectivity index (χ0v) is 11.6. The molecule has 3 rings (SSSR count). The highest BCUT2D eigenvalue weighted by Gasteiger charge is 2.28. The van der Waals surface area contributed by atoms with Gasteiger partial charge in [0.05, 0.1) is 25.2 Å². The molecule has 0 N–H and O–H groups in total. The Balaban J connectivity index is 1.75. The first kappa shape index (κ1) is 12.7. The number of thioether (sulfide) groups is 1. The summed E-state index contributed by atoms with van der Waals surface area (Å²) in [7, 11) is 0. The van der Waals surface area contributed by atoms with Gasteiger partial charge in [-0.25, -0.2) is 0 Å². The van der Waals surface area contributed by atoms with Gasteiger partial charge in [0.2, 0.25) is 0 Å². The molecule has 1 aliphatic carbocycles. The van der Waals surface area contributed by atoms with Crippen LogP contribution >= 0.6 is 11.8 Å². The van der Waals surface area contributed by atoms with Gasteiger partial charge < -0.3 is 9.47 Å². The smallest absolute Gasteiger partial charge is 0.162 e. The van der Waals surface area contributed by atoms with E-state index in [1.165, 1.54) is 11.3 Å². The van der Waals surface area contributed by atoms with Crippen LogP contribution < -0.4 is 9.47 Å². The van der Waals surface area contributed by atoms with E-state index in [0.29, 0.717) is 11.9 Å². The monoisotopic (exact) mass is 275 g/mol. The van der Waals surface area contributed by atoms with Gasteiger partial charge in [0, 0.05) is 16.6 Å². The van der Waals surface area contributed by atoms with E-state index >= 15 is 0 Å². The Bertz CT molecular complexity index is 497. The van der Waals surface area contributed by atoms with Crippen LogP contribution in [0.5, 0.6) is 11.5 Å². The molecule has 100 valence electrons. The average molecular weight is 275 g/mol. The third kappa shape index (κ3) is 2.82. The quantitative estimate of drug-likeness (QED) is 0.826. The molecule has 1 aliphatic heterocycles. The number of nitrogens with zero attached hydrogens (tertiary/aromatic N) is 1. The van der Waals surface area contributed by atoms with Crippen molar-refractivity contribution < 1.29 is 9.47 Å². The molecule has 0 aromatic heterocycles. The van der Waals surface area contributed by atoms with E-state index in [1.807, 2.05) is 6.07 Å². The summed E-state index contributed by atoms with van der Waals surface area (Å²) in [6, 6.07) is 8.54. The average Bonchev–Trinajstić information content (AvgIpc) is 2.74. The highest BCUT2D eigenvalue weighted by molar-refractivity contribution is 8.00. The number of nitriles is 1. The van der Waals surface area contributed by atoms with Crippen molar-refractivity contribution in [3.8, 4) is 17.6 Å². The van der Waals surface area contributed by atoms with Crippen molar-refractivity contribution >= 4 is 11.8 Å². The van der Waals surface area contributed by atoms with E-state index in [0.717, 1.165) is 37.4 Å². The molecular weight excluding hydrogens is 258 g/mol. The first-order valence-electron chi connectivity index (χ1n) is 6.83. The summed E-state index contributed by atoms with van der Waals surface area (Å²) >= 11 is 1.81. The molecule has 1 aromatic rings. The summed E-state index contributed by atoms with van der Waals surface area (Å²) in [6.45, 7) is 1.43. The Morgan fingerprint density at radius 2 is 1.95 bits per heavy atom. The van der Waals surface area contributed by atoms with Gasteiger partial charge in [-0.15, -0.1) is 11.8 Å². The standard InChI is InChI=1S/C15H17NO2S/c16-10-11-3-1-4-15(11)19-12-5-6-13-14(9-12)18-8-2-7-17-13/h5-6,9,11,15H,1-4,7-8H2. The van der Waals surface area contributed by atoms with Crippen molar-refractivity contribution in [1.82, 2.24) is 0 Å². The highest BCUT2D eigenvalue weighted by atomic mass is 32.2. The molecule has 4 heteroatoms. The van der Waals surface area contributed by atoms with Gasteiger partial charge in [-0.05, 0) is 31.0 Å². The summed E-state index contributed by atoms with van der Waals surface area (Å²) in [4.78, 5) is 1.18. The van der Waals surface area contributed by atoms with E-state index in [4.69, 9.17) is 14.7 Å². The first-order valence-corrected chi connectivity index (χ1v) is 7.71. The first-order chi connectivity index (χ1) is 9.36. The largest absolute Gasteiger partial charge is 0.490 e. The molecule has 1 saturated carbocycles. The molecule has 1 aromatic carbocycles. The SMILES string of the molecule is N#CC1CCCC1Sc1ccc2c(c1)OCCCO2. The molecule has 0 saturated heterocycles. The number of ether oxygens (including phenoxy) is 2. The van der Waals surface area contributed by atoms with E-state index < -0.39 is 0 Å². The van der Waals surface area contributed by atoms with Crippen LogP contribution in [-0.4, -0.2) is 18.5 Å². The normalized spacial score (nSPS) is 25.6. The van der Waals surface area contributed by atoms with Gasteiger partial charge in [0.25, 0.3) is 0 Å². The molecule has 19 heavy (non-hydrogen) atoms. The lowest BCUT2D eigenvalue weighted by molar-refractivity contribution is 0.297. The van der Waals surface area contributed by atoms with Gasteiger partial charge in [-0.1, -0.05) is 6.42 Å². The maximum Gasteiger partial charge on any atom is 0.162 e. The summed E-state index contributed by atoms with van der Waals surface area (Å²) < 4.78 is 11.3. The summed E-state index contributed by atoms with van der Waals surface area (Å²) in [5.74, 6) is 1.88. The number of rotatable bonds is 2. The minimum absolute atomic E-state index is 0.195. The predicted octanol–water partition coefficient (Wildman–Crippen LogP) is 3.63. The lowest BCUT2D eigenvalue weighted by Crippen LogP contribution is -2.07. The van der Waals surface area contributed by atoms with E-state index in [9.17, 15) is 0 Å². The molecule has 0 amide bonds. The van der Waals surface area contributed by atoms with Crippen LogP contribution in [-0.2, 0) is 0 Å². The number of fused-ring (bicyclic) bond motifs is 1. The Hall–Kier alpha value is -1.34. The van der Waals surface area contributed by atoms with Gasteiger partial charge in [0.15, 0.2) is 11.5 Å². The van der Waals surface area contributed by atoms with Gasteiger partial charge in [-0.3, -0.25) is 0 Å². The zero-order chi connectivity index (χ0) is 13.1. The van der Waals surface area contributed by atoms with Crippen molar-refractivity contribution in [2.24, 2.45) is 5.92 Å². The second-order valence-corrected chi connectivity index (χ2v) is 6.29. The number of hydrogen-bond acceptors (Lipinski definition) is 4. The van der Waals surface area contributed by atoms with Crippen molar-refractivity contribution in [3.63, 3.8) is 0 Å². The third-order valence-corrected chi connectivity index (χ3v) is 5.02. The van der Waals surface area contributed by atoms with Crippen LogP contribution in [0.2, 0.25) is 0 Å². The van der Waals surface area contributed by atoms with Crippen molar-refractivity contribution in [3.05, 3.63) is 18.2 Å². The second kappa shape index (κ2) is 5.75. The van der Waals surface area contributed by atoms with Crippen LogP contribution in [0.1, 0.15) is 25.7 Å². The summed E-state index contributed by atoms with van der Waals surface area (Å²) in [5, 5.41) is 9.56. The molecule has 0 bridgehead atoms. The topological polar surface area (TPSA) is 42.2 Å². The van der Waals surface area contributed by atoms with Gasteiger partial charge in [-0.2, -0.15) is 5.26 Å². The fourth-order valence-corrected chi connectivity index (χ4v) is 3.92. The van der Waals surface area contributed by atoms with E-state index in [1.54, 1.807) is 11.8 Å². The van der Waals surface area contributed by atoms with Gasteiger partial charge in [0.1, 0.15) is 0 Å². The zero-order valence-electron chi connectivity index (χ0n) is 10.8.